The molecule has 4 nitrogen and oxygen atoms in total. The van der Waals surface area contributed by atoms with Gasteiger partial charge in [0.15, 0.2) is 22.2 Å². The molecule has 4 aliphatic rings. The predicted molar refractivity (Wildman–Crippen MR) is 101 cm³/mol. The lowest BCUT2D eigenvalue weighted by atomic mass is 9.45. The number of aliphatic hydroxyl groups excluding tert-OH is 1. The maximum Gasteiger partial charge on any atom is 0.199 e. The third kappa shape index (κ3) is 2.35. The summed E-state index contributed by atoms with van der Waals surface area (Å²) in [6.45, 7) is 3.77. The normalized spacial score (nSPS) is 48.3. The highest BCUT2D eigenvalue weighted by Gasteiger charge is 2.70. The first-order chi connectivity index (χ1) is 12.7. The SMILES string of the molecule is CC12CC(O)C3(F)C(CCC4=CC(=O)C=CC43C)C1CCC2C(=O)SC=O. The second-order valence-corrected chi connectivity index (χ2v) is 9.85. The number of aliphatic hydroxyl groups is 1. The molecule has 0 aromatic rings. The molecule has 146 valence electrons. The van der Waals surface area contributed by atoms with Gasteiger partial charge >= 0.3 is 0 Å². The van der Waals surface area contributed by atoms with E-state index in [9.17, 15) is 19.5 Å². The van der Waals surface area contributed by atoms with E-state index in [1.165, 1.54) is 12.2 Å². The first kappa shape index (κ1) is 19.1. The second-order valence-electron chi connectivity index (χ2n) is 9.02. The van der Waals surface area contributed by atoms with Crippen LogP contribution in [0.4, 0.5) is 4.39 Å². The molecule has 4 rings (SSSR count). The zero-order valence-electron chi connectivity index (χ0n) is 15.6. The molecule has 7 unspecified atom stereocenters. The number of carbonyl (C=O) groups is 3. The first-order valence-electron chi connectivity index (χ1n) is 9.64. The summed E-state index contributed by atoms with van der Waals surface area (Å²) >= 11 is 0.678. The second kappa shape index (κ2) is 6.11. The van der Waals surface area contributed by atoms with Gasteiger partial charge in [-0.1, -0.05) is 18.6 Å². The van der Waals surface area contributed by atoms with E-state index >= 15 is 4.39 Å². The average Bonchev–Trinajstić information content (AvgIpc) is 2.94. The standard InChI is InChI=1S/C21H25FO4S/c1-19-10-17(25)21(22)15(14(19)5-6-16(19)18(26)27-11-23)4-3-12-9-13(24)7-8-20(12,21)2/h7-9,11,14-17,25H,3-6,10H2,1-2H3. The van der Waals surface area contributed by atoms with Gasteiger partial charge in [-0.3, -0.25) is 14.4 Å². The molecule has 3 saturated carbocycles. The van der Waals surface area contributed by atoms with E-state index in [0.717, 1.165) is 12.0 Å². The van der Waals surface area contributed by atoms with Crippen LogP contribution in [-0.4, -0.2) is 33.4 Å². The average molecular weight is 392 g/mol. The van der Waals surface area contributed by atoms with Gasteiger partial charge in [0.2, 0.25) is 0 Å². The summed E-state index contributed by atoms with van der Waals surface area (Å²) < 4.78 is 16.7. The van der Waals surface area contributed by atoms with Gasteiger partial charge in [0.1, 0.15) is 0 Å². The molecule has 0 saturated heterocycles. The molecule has 4 aliphatic carbocycles. The van der Waals surface area contributed by atoms with Crippen molar-refractivity contribution in [1.82, 2.24) is 0 Å². The molecule has 0 amide bonds. The molecular formula is C21H25FO4S. The smallest absolute Gasteiger partial charge is 0.199 e. The van der Waals surface area contributed by atoms with Crippen LogP contribution in [0.2, 0.25) is 0 Å². The van der Waals surface area contributed by atoms with E-state index in [4.69, 9.17) is 0 Å². The molecule has 0 aliphatic heterocycles. The van der Waals surface area contributed by atoms with Gasteiger partial charge < -0.3 is 5.11 Å². The number of ketones is 1. The van der Waals surface area contributed by atoms with Crippen molar-refractivity contribution in [3.63, 3.8) is 0 Å². The van der Waals surface area contributed by atoms with Crippen molar-refractivity contribution in [3.05, 3.63) is 23.8 Å². The minimum absolute atomic E-state index is 0.0171. The minimum atomic E-state index is -1.85. The minimum Gasteiger partial charge on any atom is -0.390 e. The summed E-state index contributed by atoms with van der Waals surface area (Å²) in [4.78, 5) is 35.1. The summed E-state index contributed by atoms with van der Waals surface area (Å²) in [5.74, 6) is -0.844. The largest absolute Gasteiger partial charge is 0.390 e. The molecule has 0 aromatic carbocycles. The zero-order chi connectivity index (χ0) is 19.6. The van der Waals surface area contributed by atoms with Gasteiger partial charge in [-0.15, -0.1) is 0 Å². The molecular weight excluding hydrogens is 367 g/mol. The van der Waals surface area contributed by atoms with Crippen LogP contribution in [0, 0.1) is 28.6 Å². The van der Waals surface area contributed by atoms with Gasteiger partial charge in [-0.05, 0) is 74.3 Å². The Morgan fingerprint density at radius 1 is 1.30 bits per heavy atom. The van der Waals surface area contributed by atoms with Crippen LogP contribution >= 0.6 is 11.8 Å². The van der Waals surface area contributed by atoms with Gasteiger partial charge in [0.25, 0.3) is 0 Å². The maximum atomic E-state index is 16.7. The Bertz CT molecular complexity index is 776. The van der Waals surface area contributed by atoms with E-state index in [-0.39, 0.29) is 35.1 Å². The van der Waals surface area contributed by atoms with Crippen molar-refractivity contribution >= 4 is 28.3 Å². The van der Waals surface area contributed by atoms with Crippen LogP contribution in [0.5, 0.6) is 0 Å². The number of allylic oxidation sites excluding steroid dienone is 4. The molecule has 3 fully saturated rings. The fourth-order valence-corrected chi connectivity index (χ4v) is 7.37. The Morgan fingerprint density at radius 3 is 2.74 bits per heavy atom. The Morgan fingerprint density at radius 2 is 2.04 bits per heavy atom. The monoisotopic (exact) mass is 392 g/mol. The topological polar surface area (TPSA) is 71.4 Å². The molecule has 0 radical (unpaired) electrons. The van der Waals surface area contributed by atoms with Crippen LogP contribution in [0.15, 0.2) is 23.8 Å². The molecule has 0 spiro atoms. The van der Waals surface area contributed by atoms with Crippen molar-refractivity contribution < 1.29 is 23.9 Å². The summed E-state index contributed by atoms with van der Waals surface area (Å²) in [6, 6.07) is 0. The number of rotatable bonds is 2. The first-order valence-corrected chi connectivity index (χ1v) is 10.5. The van der Waals surface area contributed by atoms with Crippen LogP contribution in [0.1, 0.15) is 46.0 Å². The summed E-state index contributed by atoms with van der Waals surface area (Å²) in [6.07, 6.45) is 6.12. The van der Waals surface area contributed by atoms with E-state index < -0.39 is 22.6 Å². The van der Waals surface area contributed by atoms with E-state index in [1.807, 2.05) is 6.92 Å². The Hall–Kier alpha value is -1.27. The number of fused-ring (bicyclic) bond motifs is 5. The Balaban J connectivity index is 1.75. The molecule has 1 N–H and O–H groups in total. The highest BCUT2D eigenvalue weighted by atomic mass is 32.2. The van der Waals surface area contributed by atoms with Crippen LogP contribution in [-0.2, 0) is 14.4 Å². The summed E-state index contributed by atoms with van der Waals surface area (Å²) in [5, 5.41) is 10.9. The number of hydrogen-bond donors (Lipinski definition) is 1. The maximum absolute atomic E-state index is 16.7. The molecule has 0 bridgehead atoms. The van der Waals surface area contributed by atoms with Crippen LogP contribution < -0.4 is 0 Å². The van der Waals surface area contributed by atoms with Gasteiger partial charge in [-0.25, -0.2) is 4.39 Å². The fourth-order valence-electron chi connectivity index (χ4n) is 6.72. The van der Waals surface area contributed by atoms with Crippen LogP contribution in [0.3, 0.4) is 0 Å². The summed E-state index contributed by atoms with van der Waals surface area (Å²) in [7, 11) is 0. The predicted octanol–water partition coefficient (Wildman–Crippen LogP) is 3.42. The molecule has 6 heteroatoms. The Labute approximate surface area is 162 Å². The van der Waals surface area contributed by atoms with Gasteiger partial charge in [0.05, 0.1) is 6.10 Å². The lowest BCUT2D eigenvalue weighted by Crippen LogP contribution is -2.66. The van der Waals surface area contributed by atoms with E-state index in [2.05, 4.69) is 0 Å². The third-order valence-electron chi connectivity index (χ3n) is 8.09. The van der Waals surface area contributed by atoms with Crippen molar-refractivity contribution in [2.75, 3.05) is 0 Å². The van der Waals surface area contributed by atoms with Crippen molar-refractivity contribution in [2.24, 2.45) is 28.6 Å². The number of thioether (sulfide) groups is 1. The molecule has 0 heterocycles. The quantitative estimate of drug-likeness (QED) is 0.729. The zero-order valence-corrected chi connectivity index (χ0v) is 16.4. The number of halogens is 1. The highest BCUT2D eigenvalue weighted by Crippen LogP contribution is 2.69. The van der Waals surface area contributed by atoms with E-state index in [0.29, 0.717) is 36.6 Å². The third-order valence-corrected chi connectivity index (χ3v) is 8.70. The van der Waals surface area contributed by atoms with Gasteiger partial charge in [-0.2, -0.15) is 0 Å². The number of carbonyl (C=O) groups excluding carboxylic acids is 3. The lowest BCUT2D eigenvalue weighted by molar-refractivity contribution is -0.194. The Kier molecular flexibility index (Phi) is 4.32. The fraction of sp³-hybridized carbons (Fsp3) is 0.667. The van der Waals surface area contributed by atoms with Crippen LogP contribution in [0.25, 0.3) is 0 Å². The number of hydrogen-bond acceptors (Lipinski definition) is 5. The molecule has 0 aromatic heterocycles. The van der Waals surface area contributed by atoms with Crippen molar-refractivity contribution in [2.45, 2.75) is 57.7 Å². The van der Waals surface area contributed by atoms with Crippen molar-refractivity contribution in [1.29, 1.82) is 0 Å². The molecule has 7 atom stereocenters. The highest BCUT2D eigenvalue weighted by molar-refractivity contribution is 8.24. The van der Waals surface area contributed by atoms with Gasteiger partial charge in [0, 0.05) is 17.3 Å². The summed E-state index contributed by atoms with van der Waals surface area (Å²) in [5.41, 5.74) is -2.03. The lowest BCUT2D eigenvalue weighted by Gasteiger charge is -2.61. The molecule has 27 heavy (non-hydrogen) atoms. The number of alkyl halides is 1. The van der Waals surface area contributed by atoms with Crippen molar-refractivity contribution in [3.8, 4) is 0 Å². The van der Waals surface area contributed by atoms with E-state index in [1.54, 1.807) is 13.0 Å².